The van der Waals surface area contributed by atoms with Gasteiger partial charge in [-0.1, -0.05) is 0 Å². The van der Waals surface area contributed by atoms with E-state index in [2.05, 4.69) is 0 Å². The summed E-state index contributed by atoms with van der Waals surface area (Å²) in [5, 5.41) is 21.9. The van der Waals surface area contributed by atoms with E-state index in [1.54, 1.807) is 0 Å². The summed E-state index contributed by atoms with van der Waals surface area (Å²) >= 11 is 0. The molecule has 0 bridgehead atoms. The second kappa shape index (κ2) is 5.35. The number of nitro benzene ring substituents is 1. The monoisotopic (exact) mass is 242 g/mol. The fraction of sp³-hybridized carbons (Fsp3) is 0.400. The highest BCUT2D eigenvalue weighted by atomic mass is 16.6. The topological polar surface area (TPSA) is 90.7 Å². The van der Waals surface area contributed by atoms with Crippen molar-refractivity contribution in [3.8, 4) is 17.2 Å². The van der Waals surface area contributed by atoms with Crippen LogP contribution in [0.4, 0.5) is 5.69 Å². The van der Waals surface area contributed by atoms with E-state index in [0.29, 0.717) is 0 Å². The molecular weight excluding hydrogens is 230 g/mol. The minimum Gasteiger partial charge on any atom is -0.493 e. The van der Waals surface area contributed by atoms with Gasteiger partial charge in [-0.2, -0.15) is 0 Å². The van der Waals surface area contributed by atoms with Gasteiger partial charge in [-0.3, -0.25) is 10.1 Å². The van der Waals surface area contributed by atoms with Crippen molar-refractivity contribution in [1.29, 1.82) is 0 Å². The Morgan fingerprint density at radius 1 is 1.18 bits per heavy atom. The van der Waals surface area contributed by atoms with Crippen molar-refractivity contribution in [3.63, 3.8) is 0 Å². The van der Waals surface area contributed by atoms with Crippen molar-refractivity contribution >= 4 is 5.69 Å². The zero-order chi connectivity index (χ0) is 13.0. The second-order valence-electron chi connectivity index (χ2n) is 3.05. The minimum absolute atomic E-state index is 0.00972. The normalized spacial score (nSPS) is 9.88. The van der Waals surface area contributed by atoms with Gasteiger partial charge >= 0.3 is 5.69 Å². The molecule has 0 saturated carbocycles. The molecule has 1 aromatic carbocycles. The summed E-state index contributed by atoms with van der Waals surface area (Å²) in [6.45, 7) is -0.743. The van der Waals surface area contributed by atoms with Crippen LogP contribution in [0.2, 0.25) is 0 Å². The predicted molar refractivity (Wildman–Crippen MR) is 57.1 cm³/mol. The molecule has 0 unspecified atom stereocenters. The summed E-state index contributed by atoms with van der Waals surface area (Å²) < 4.78 is 14.9. The van der Waals surface area contributed by atoms with Crippen LogP contribution >= 0.6 is 0 Å². The van der Waals surface area contributed by atoms with E-state index < -0.39 is 11.5 Å². The molecule has 0 spiro atoms. The van der Waals surface area contributed by atoms with E-state index in [-0.39, 0.29) is 28.5 Å². The number of rotatable bonds is 5. The average molecular weight is 242 g/mol. The maximum Gasteiger partial charge on any atom is 0.320 e. The van der Waals surface area contributed by atoms with Gasteiger partial charge in [0.05, 0.1) is 31.8 Å². The molecule has 7 nitrogen and oxygen atoms in total. The maximum absolute atomic E-state index is 10.9. The molecule has 1 aromatic rings. The summed E-state index contributed by atoms with van der Waals surface area (Å²) in [7, 11) is 3.97. The first-order chi connectivity index (χ1) is 8.10. The third kappa shape index (κ3) is 2.23. The highest BCUT2D eigenvalue weighted by Crippen LogP contribution is 2.46. The van der Waals surface area contributed by atoms with Gasteiger partial charge in [-0.05, 0) is 6.07 Å². The molecule has 0 saturated heterocycles. The zero-order valence-electron chi connectivity index (χ0n) is 9.68. The molecule has 0 aromatic heterocycles. The Hall–Kier alpha value is -2.02. The number of methoxy groups -OCH3 is 3. The molecule has 1 rings (SSSR count). The van der Waals surface area contributed by atoms with E-state index in [0.717, 1.165) is 0 Å². The number of benzene rings is 1. The van der Waals surface area contributed by atoms with Gasteiger partial charge in [-0.15, -0.1) is 0 Å². The lowest BCUT2D eigenvalue weighted by atomic mass is 10.1. The lowest BCUT2D eigenvalue weighted by Crippen LogP contribution is -2.03. The molecule has 0 atom stereocenters. The van der Waals surface area contributed by atoms with Gasteiger partial charge < -0.3 is 14.2 Å². The molecule has 0 fully saturated rings. The molecule has 0 aliphatic heterocycles. The average Bonchev–Trinajstić information content (AvgIpc) is 2.35. The van der Waals surface area contributed by atoms with E-state index in [9.17, 15) is 15.2 Å². The molecule has 0 heterocycles. The smallest absolute Gasteiger partial charge is 0.320 e. The molecule has 17 heavy (non-hydrogen) atoms. The number of nitro groups is 1. The third-order valence-corrected chi connectivity index (χ3v) is 2.22. The molecular formula is C10H12NO6. The molecule has 0 aliphatic carbocycles. The van der Waals surface area contributed by atoms with Crippen LogP contribution in [0.1, 0.15) is 5.56 Å². The highest BCUT2D eigenvalue weighted by Gasteiger charge is 2.28. The predicted octanol–water partition coefficient (Wildman–Crippen LogP) is 1.55. The SMILES string of the molecule is COc1cc(C[O])c([N+](=O)[O-])c(OC)c1OC. The Bertz CT molecular complexity index is 431. The van der Waals surface area contributed by atoms with Gasteiger partial charge in [0.25, 0.3) is 0 Å². The van der Waals surface area contributed by atoms with Gasteiger partial charge in [0.1, 0.15) is 6.61 Å². The van der Waals surface area contributed by atoms with E-state index in [1.165, 1.54) is 27.4 Å². The molecule has 0 N–H and O–H groups in total. The quantitative estimate of drug-likeness (QED) is 0.577. The summed E-state index contributed by atoms with van der Waals surface area (Å²) in [4.78, 5) is 10.2. The Morgan fingerprint density at radius 3 is 2.12 bits per heavy atom. The van der Waals surface area contributed by atoms with Crippen LogP contribution in [-0.2, 0) is 11.7 Å². The number of hydrogen-bond donors (Lipinski definition) is 0. The standard InChI is InChI=1S/C10H12NO6/c1-15-7-4-6(5-12)8(11(13)14)10(17-3)9(7)16-2/h4H,5H2,1-3H3. The Balaban J connectivity index is 3.61. The Kier molecular flexibility index (Phi) is 4.11. The lowest BCUT2D eigenvalue weighted by Gasteiger charge is -2.13. The first-order valence-electron chi connectivity index (χ1n) is 4.65. The first kappa shape index (κ1) is 13.0. The summed E-state index contributed by atoms with van der Waals surface area (Å²) in [5.74, 6) is 0.211. The number of hydrogen-bond acceptors (Lipinski definition) is 5. The number of nitrogens with zero attached hydrogens (tertiary/aromatic N) is 1. The summed E-state index contributed by atoms with van der Waals surface area (Å²) in [6.07, 6.45) is 0. The van der Waals surface area contributed by atoms with Gasteiger partial charge in [0.15, 0.2) is 5.75 Å². The molecule has 1 radical (unpaired) electrons. The third-order valence-electron chi connectivity index (χ3n) is 2.22. The van der Waals surface area contributed by atoms with Crippen molar-refractivity contribution in [1.82, 2.24) is 0 Å². The van der Waals surface area contributed by atoms with Gasteiger partial charge in [0, 0.05) is 0 Å². The van der Waals surface area contributed by atoms with Crippen molar-refractivity contribution in [2.24, 2.45) is 0 Å². The largest absolute Gasteiger partial charge is 0.493 e. The second-order valence-corrected chi connectivity index (χ2v) is 3.05. The van der Waals surface area contributed by atoms with Crippen molar-refractivity contribution in [2.75, 3.05) is 21.3 Å². The van der Waals surface area contributed by atoms with Crippen molar-refractivity contribution < 1.29 is 24.2 Å². The van der Waals surface area contributed by atoms with Crippen LogP contribution in [0.15, 0.2) is 6.07 Å². The fourth-order valence-corrected chi connectivity index (χ4v) is 1.50. The van der Waals surface area contributed by atoms with E-state index in [1.807, 2.05) is 0 Å². The van der Waals surface area contributed by atoms with Crippen LogP contribution < -0.4 is 14.2 Å². The van der Waals surface area contributed by atoms with Gasteiger partial charge in [-0.25, -0.2) is 5.11 Å². The summed E-state index contributed by atoms with van der Waals surface area (Å²) in [6, 6.07) is 1.28. The zero-order valence-corrected chi connectivity index (χ0v) is 9.68. The minimum atomic E-state index is -0.743. The fourth-order valence-electron chi connectivity index (χ4n) is 1.50. The Labute approximate surface area is 97.7 Å². The lowest BCUT2D eigenvalue weighted by molar-refractivity contribution is -0.386. The van der Waals surface area contributed by atoms with Crippen LogP contribution in [0.5, 0.6) is 17.2 Å². The molecule has 7 heteroatoms. The van der Waals surface area contributed by atoms with Crippen LogP contribution in [0, 0.1) is 10.1 Å². The van der Waals surface area contributed by atoms with Crippen LogP contribution in [0.3, 0.4) is 0 Å². The first-order valence-corrected chi connectivity index (χ1v) is 4.65. The van der Waals surface area contributed by atoms with Crippen LogP contribution in [-0.4, -0.2) is 26.3 Å². The van der Waals surface area contributed by atoms with Gasteiger partial charge in [0.2, 0.25) is 11.5 Å². The van der Waals surface area contributed by atoms with E-state index in [4.69, 9.17) is 14.2 Å². The molecule has 93 valence electrons. The Morgan fingerprint density at radius 2 is 1.76 bits per heavy atom. The number of ether oxygens (including phenoxy) is 3. The maximum atomic E-state index is 10.9. The van der Waals surface area contributed by atoms with Crippen molar-refractivity contribution in [3.05, 3.63) is 21.7 Å². The molecule has 0 amide bonds. The molecule has 0 aliphatic rings. The van der Waals surface area contributed by atoms with Crippen LogP contribution in [0.25, 0.3) is 0 Å². The highest BCUT2D eigenvalue weighted by molar-refractivity contribution is 5.66. The summed E-state index contributed by atoms with van der Waals surface area (Å²) in [5.41, 5.74) is -0.398. The van der Waals surface area contributed by atoms with E-state index >= 15 is 0 Å². The van der Waals surface area contributed by atoms with Crippen molar-refractivity contribution in [2.45, 2.75) is 6.61 Å².